The number of benzene rings is 2. The fourth-order valence-corrected chi connectivity index (χ4v) is 3.92. The predicted octanol–water partition coefficient (Wildman–Crippen LogP) is 5.14. The summed E-state index contributed by atoms with van der Waals surface area (Å²) in [5.74, 6) is -1.29. The van der Waals surface area contributed by atoms with Gasteiger partial charge in [-0.3, -0.25) is 14.5 Å². The molecule has 0 bridgehead atoms. The van der Waals surface area contributed by atoms with E-state index in [1.165, 1.54) is 11.3 Å². The largest absolute Gasteiger partial charge is 0.293 e. The first kappa shape index (κ1) is 16.8. The van der Waals surface area contributed by atoms with Crippen LogP contribution in [-0.2, 0) is 9.59 Å². The summed E-state index contributed by atoms with van der Waals surface area (Å²) in [6, 6.07) is 20.0. The highest BCUT2D eigenvalue weighted by Crippen LogP contribution is 2.37. The molecule has 4 rings (SSSR count). The van der Waals surface area contributed by atoms with Gasteiger partial charge in [-0.2, -0.15) is 0 Å². The number of hydrogen-bond acceptors (Lipinski definition) is 3. The SMILES string of the molecule is O=C1C=C(c2cccs2)N(c2ccc(Cl)cc2)C(=O)C1c1ccccc1. The minimum Gasteiger partial charge on any atom is -0.293 e. The second-order valence-corrected chi connectivity index (χ2v) is 7.29. The van der Waals surface area contributed by atoms with Gasteiger partial charge in [-0.1, -0.05) is 48.0 Å². The standard InChI is InChI=1S/C21H14ClNO2S/c22-15-8-10-16(11-9-15)23-17(19-7-4-12-26-19)13-18(24)20(21(23)25)14-5-2-1-3-6-14/h1-13,20H. The number of allylic oxidation sites excluding steroid dienone is 1. The molecule has 26 heavy (non-hydrogen) atoms. The van der Waals surface area contributed by atoms with Crippen LogP contribution in [0.5, 0.6) is 0 Å². The van der Waals surface area contributed by atoms with Crippen LogP contribution < -0.4 is 4.90 Å². The molecule has 0 aliphatic carbocycles. The van der Waals surface area contributed by atoms with Gasteiger partial charge >= 0.3 is 0 Å². The van der Waals surface area contributed by atoms with Crippen molar-refractivity contribution in [3.63, 3.8) is 0 Å². The summed E-state index contributed by atoms with van der Waals surface area (Å²) >= 11 is 7.49. The molecule has 1 amide bonds. The first-order valence-electron chi connectivity index (χ1n) is 8.09. The van der Waals surface area contributed by atoms with Gasteiger partial charge in [-0.25, -0.2) is 0 Å². The fraction of sp³-hybridized carbons (Fsp3) is 0.0476. The van der Waals surface area contributed by atoms with Crippen LogP contribution in [0.2, 0.25) is 5.02 Å². The Morgan fingerprint density at radius 3 is 2.27 bits per heavy atom. The maximum atomic E-state index is 13.4. The van der Waals surface area contributed by atoms with E-state index in [-0.39, 0.29) is 11.7 Å². The number of hydrogen-bond donors (Lipinski definition) is 0. The molecular formula is C21H14ClNO2S. The van der Waals surface area contributed by atoms with Gasteiger partial charge in [0.25, 0.3) is 0 Å². The summed E-state index contributed by atoms with van der Waals surface area (Å²) in [6.07, 6.45) is 1.57. The lowest BCUT2D eigenvalue weighted by Crippen LogP contribution is -2.40. The Hall–Kier alpha value is -2.69. The maximum absolute atomic E-state index is 13.4. The van der Waals surface area contributed by atoms with Gasteiger partial charge in [0.15, 0.2) is 5.78 Å². The van der Waals surface area contributed by atoms with Crippen LogP contribution in [0.4, 0.5) is 5.69 Å². The third kappa shape index (κ3) is 2.98. The molecule has 2 heterocycles. The van der Waals surface area contributed by atoms with Gasteiger partial charge in [0.05, 0.1) is 10.6 Å². The average molecular weight is 380 g/mol. The van der Waals surface area contributed by atoms with Crippen LogP contribution in [0.15, 0.2) is 78.2 Å². The minimum atomic E-state index is -0.837. The molecular weight excluding hydrogens is 366 g/mol. The van der Waals surface area contributed by atoms with E-state index in [1.54, 1.807) is 35.2 Å². The van der Waals surface area contributed by atoms with E-state index in [9.17, 15) is 9.59 Å². The second kappa shape index (κ2) is 6.90. The summed E-state index contributed by atoms with van der Waals surface area (Å²) < 4.78 is 0. The zero-order chi connectivity index (χ0) is 18.1. The van der Waals surface area contributed by atoms with E-state index in [0.717, 1.165) is 4.88 Å². The molecule has 0 N–H and O–H groups in total. The third-order valence-electron chi connectivity index (χ3n) is 4.26. The molecule has 1 unspecified atom stereocenters. The van der Waals surface area contributed by atoms with E-state index in [1.807, 2.05) is 47.8 Å². The summed E-state index contributed by atoms with van der Waals surface area (Å²) in [5.41, 5.74) is 1.99. The smallest absolute Gasteiger partial charge is 0.247 e. The Labute approximate surface area is 160 Å². The number of ketones is 1. The molecule has 3 aromatic rings. The highest BCUT2D eigenvalue weighted by Gasteiger charge is 2.38. The fourth-order valence-electron chi connectivity index (χ4n) is 3.07. The predicted molar refractivity (Wildman–Crippen MR) is 105 cm³/mol. The highest BCUT2D eigenvalue weighted by atomic mass is 35.5. The molecule has 0 radical (unpaired) electrons. The summed E-state index contributed by atoms with van der Waals surface area (Å²) in [7, 11) is 0. The summed E-state index contributed by atoms with van der Waals surface area (Å²) in [6.45, 7) is 0. The van der Waals surface area contributed by atoms with Gasteiger partial charge in [-0.05, 0) is 41.3 Å². The Kier molecular flexibility index (Phi) is 4.45. The van der Waals surface area contributed by atoms with Crippen LogP contribution in [0.25, 0.3) is 5.70 Å². The highest BCUT2D eigenvalue weighted by molar-refractivity contribution is 7.11. The van der Waals surface area contributed by atoms with Crippen LogP contribution in [0.1, 0.15) is 16.4 Å². The molecule has 0 saturated heterocycles. The van der Waals surface area contributed by atoms with Crippen molar-refractivity contribution >= 4 is 46.0 Å². The van der Waals surface area contributed by atoms with Gasteiger partial charge in [-0.15, -0.1) is 11.3 Å². The van der Waals surface area contributed by atoms with Crippen LogP contribution in [0, 0.1) is 0 Å². The lowest BCUT2D eigenvalue weighted by atomic mass is 9.89. The number of rotatable bonds is 3. The average Bonchev–Trinajstić information content (AvgIpc) is 3.18. The number of carbonyl (C=O) groups is 2. The third-order valence-corrected chi connectivity index (χ3v) is 5.41. The number of halogens is 1. The van der Waals surface area contributed by atoms with E-state index in [2.05, 4.69) is 0 Å². The van der Waals surface area contributed by atoms with Crippen molar-refractivity contribution in [1.82, 2.24) is 0 Å². The maximum Gasteiger partial charge on any atom is 0.247 e. The van der Waals surface area contributed by atoms with E-state index in [4.69, 9.17) is 11.6 Å². The van der Waals surface area contributed by atoms with E-state index >= 15 is 0 Å². The second-order valence-electron chi connectivity index (χ2n) is 5.90. The molecule has 0 fully saturated rings. The Morgan fingerprint density at radius 1 is 0.885 bits per heavy atom. The van der Waals surface area contributed by atoms with Crippen molar-refractivity contribution < 1.29 is 9.59 Å². The molecule has 1 aromatic heterocycles. The van der Waals surface area contributed by atoms with Crippen LogP contribution >= 0.6 is 22.9 Å². The zero-order valence-electron chi connectivity index (χ0n) is 13.6. The van der Waals surface area contributed by atoms with Gasteiger partial charge < -0.3 is 0 Å². The van der Waals surface area contributed by atoms with Crippen molar-refractivity contribution in [2.75, 3.05) is 4.90 Å². The lowest BCUT2D eigenvalue weighted by molar-refractivity contribution is -0.126. The molecule has 1 aliphatic rings. The monoisotopic (exact) mass is 379 g/mol. The first-order valence-corrected chi connectivity index (χ1v) is 9.35. The number of anilines is 1. The first-order chi connectivity index (χ1) is 12.6. The molecule has 1 aliphatic heterocycles. The zero-order valence-corrected chi connectivity index (χ0v) is 15.2. The molecule has 0 saturated carbocycles. The lowest BCUT2D eigenvalue weighted by Gasteiger charge is -2.32. The van der Waals surface area contributed by atoms with Crippen molar-refractivity contribution in [1.29, 1.82) is 0 Å². The Balaban J connectivity index is 1.86. The number of thiophene rings is 1. The molecule has 0 spiro atoms. The molecule has 5 heteroatoms. The number of carbonyl (C=O) groups excluding carboxylic acids is 2. The van der Waals surface area contributed by atoms with Crippen molar-refractivity contribution in [2.24, 2.45) is 0 Å². The molecule has 1 atom stereocenters. The Bertz CT molecular complexity index is 979. The van der Waals surface area contributed by atoms with E-state index in [0.29, 0.717) is 22.0 Å². The molecule has 3 nitrogen and oxygen atoms in total. The quantitative estimate of drug-likeness (QED) is 0.591. The van der Waals surface area contributed by atoms with Gasteiger partial charge in [0.2, 0.25) is 5.91 Å². The normalized spacial score (nSPS) is 17.3. The minimum absolute atomic E-state index is 0.199. The van der Waals surface area contributed by atoms with Crippen molar-refractivity contribution in [3.05, 3.63) is 93.6 Å². The van der Waals surface area contributed by atoms with Crippen LogP contribution in [0.3, 0.4) is 0 Å². The topological polar surface area (TPSA) is 37.4 Å². The van der Waals surface area contributed by atoms with E-state index < -0.39 is 5.92 Å². The van der Waals surface area contributed by atoms with Gasteiger partial charge in [0, 0.05) is 16.8 Å². The van der Waals surface area contributed by atoms with Crippen molar-refractivity contribution in [2.45, 2.75) is 5.92 Å². The summed E-state index contributed by atoms with van der Waals surface area (Å²) in [4.78, 5) is 28.6. The Morgan fingerprint density at radius 2 is 1.62 bits per heavy atom. The molecule has 2 aromatic carbocycles. The number of amides is 1. The van der Waals surface area contributed by atoms with Crippen molar-refractivity contribution in [3.8, 4) is 0 Å². The summed E-state index contributed by atoms with van der Waals surface area (Å²) in [5, 5.41) is 2.52. The number of nitrogens with zero attached hydrogens (tertiary/aromatic N) is 1. The van der Waals surface area contributed by atoms with Gasteiger partial charge in [0.1, 0.15) is 5.92 Å². The van der Waals surface area contributed by atoms with Crippen LogP contribution in [-0.4, -0.2) is 11.7 Å². The molecule has 128 valence electrons.